The zero-order valence-corrected chi connectivity index (χ0v) is 12.8. The van der Waals surface area contributed by atoms with Crippen molar-refractivity contribution in [1.82, 2.24) is 0 Å². The summed E-state index contributed by atoms with van der Waals surface area (Å²) in [6.07, 6.45) is 2.12. The van der Waals surface area contributed by atoms with Crippen LogP contribution in [0.15, 0.2) is 42.5 Å². The molecule has 1 nitrogen and oxygen atoms in total. The third-order valence-electron chi connectivity index (χ3n) is 4.04. The van der Waals surface area contributed by atoms with Crippen LogP contribution in [0.3, 0.4) is 0 Å². The van der Waals surface area contributed by atoms with E-state index in [0.717, 1.165) is 19.4 Å². The second-order valence-electron chi connectivity index (χ2n) is 5.92. The number of hydrogen-bond acceptors (Lipinski definition) is 1. The molecule has 0 saturated heterocycles. The SMILES string of the molecule is Cc1cccc(CC(CN)Cc2ccc(C)c(C)c2)c1. The highest BCUT2D eigenvalue weighted by atomic mass is 14.5. The van der Waals surface area contributed by atoms with Crippen molar-refractivity contribution in [2.45, 2.75) is 33.6 Å². The molecule has 0 bridgehead atoms. The Morgan fingerprint density at radius 1 is 0.850 bits per heavy atom. The average molecular weight is 267 g/mol. The predicted molar refractivity (Wildman–Crippen MR) is 87.0 cm³/mol. The standard InChI is InChI=1S/C19H25N/c1-14-5-4-6-17(9-14)11-19(13-20)12-18-8-7-15(2)16(3)10-18/h4-10,19H,11-13,20H2,1-3H3. The molecule has 20 heavy (non-hydrogen) atoms. The summed E-state index contributed by atoms with van der Waals surface area (Å²) < 4.78 is 0. The molecule has 2 rings (SSSR count). The summed E-state index contributed by atoms with van der Waals surface area (Å²) in [6, 6.07) is 15.5. The van der Waals surface area contributed by atoms with Gasteiger partial charge in [-0.25, -0.2) is 0 Å². The summed E-state index contributed by atoms with van der Waals surface area (Å²) in [5.74, 6) is 0.513. The van der Waals surface area contributed by atoms with Crippen LogP contribution in [-0.4, -0.2) is 6.54 Å². The Morgan fingerprint density at radius 2 is 1.55 bits per heavy atom. The molecule has 1 unspecified atom stereocenters. The highest BCUT2D eigenvalue weighted by molar-refractivity contribution is 5.30. The first-order valence-corrected chi connectivity index (χ1v) is 7.40. The lowest BCUT2D eigenvalue weighted by Crippen LogP contribution is -2.19. The molecule has 2 aromatic carbocycles. The second-order valence-corrected chi connectivity index (χ2v) is 5.92. The van der Waals surface area contributed by atoms with Crippen molar-refractivity contribution in [1.29, 1.82) is 0 Å². The van der Waals surface area contributed by atoms with Crippen LogP contribution in [0.2, 0.25) is 0 Å². The van der Waals surface area contributed by atoms with Gasteiger partial charge in [0.1, 0.15) is 0 Å². The summed E-state index contributed by atoms with van der Waals surface area (Å²) >= 11 is 0. The van der Waals surface area contributed by atoms with E-state index in [9.17, 15) is 0 Å². The normalized spacial score (nSPS) is 12.4. The Hall–Kier alpha value is -1.60. The van der Waals surface area contributed by atoms with E-state index in [1.165, 1.54) is 27.8 Å². The van der Waals surface area contributed by atoms with Crippen LogP contribution >= 0.6 is 0 Å². The highest BCUT2D eigenvalue weighted by Crippen LogP contribution is 2.17. The molecule has 1 heteroatoms. The minimum atomic E-state index is 0.513. The molecule has 0 saturated carbocycles. The first kappa shape index (κ1) is 14.8. The molecule has 0 aliphatic rings. The Bertz CT molecular complexity index is 572. The van der Waals surface area contributed by atoms with Crippen LogP contribution in [0, 0.1) is 26.7 Å². The van der Waals surface area contributed by atoms with Gasteiger partial charge in [0.25, 0.3) is 0 Å². The lowest BCUT2D eigenvalue weighted by atomic mass is 9.91. The molecule has 2 N–H and O–H groups in total. The van der Waals surface area contributed by atoms with Crippen molar-refractivity contribution >= 4 is 0 Å². The number of benzene rings is 2. The monoisotopic (exact) mass is 267 g/mol. The molecule has 1 atom stereocenters. The fourth-order valence-corrected chi connectivity index (χ4v) is 2.68. The first-order chi connectivity index (χ1) is 9.58. The summed E-state index contributed by atoms with van der Waals surface area (Å²) in [7, 11) is 0. The smallest absolute Gasteiger partial charge is 0.00425 e. The molecule has 0 radical (unpaired) electrons. The van der Waals surface area contributed by atoms with Gasteiger partial charge in [-0.2, -0.15) is 0 Å². The number of hydrogen-bond donors (Lipinski definition) is 1. The molecule has 0 aliphatic carbocycles. The lowest BCUT2D eigenvalue weighted by molar-refractivity contribution is 0.533. The quantitative estimate of drug-likeness (QED) is 0.871. The molecule has 0 fully saturated rings. The Kier molecular flexibility index (Phi) is 4.97. The van der Waals surface area contributed by atoms with Crippen LogP contribution < -0.4 is 5.73 Å². The Morgan fingerprint density at radius 3 is 2.15 bits per heavy atom. The molecule has 0 amide bonds. The topological polar surface area (TPSA) is 26.0 Å². The van der Waals surface area contributed by atoms with Gasteiger partial charge in [-0.1, -0.05) is 48.0 Å². The largest absolute Gasteiger partial charge is 0.330 e. The van der Waals surface area contributed by atoms with Gasteiger partial charge in [0, 0.05) is 0 Å². The summed E-state index contributed by atoms with van der Waals surface area (Å²) in [6.45, 7) is 7.22. The van der Waals surface area contributed by atoms with Crippen molar-refractivity contribution in [3.63, 3.8) is 0 Å². The number of nitrogens with two attached hydrogens (primary N) is 1. The van der Waals surface area contributed by atoms with Gasteiger partial charge >= 0.3 is 0 Å². The van der Waals surface area contributed by atoms with Crippen molar-refractivity contribution in [2.75, 3.05) is 6.54 Å². The van der Waals surface area contributed by atoms with Gasteiger partial charge < -0.3 is 5.73 Å². The van der Waals surface area contributed by atoms with E-state index in [2.05, 4.69) is 63.2 Å². The molecule has 0 aliphatic heterocycles. The van der Waals surface area contributed by atoms with Crippen LogP contribution in [0.1, 0.15) is 27.8 Å². The van der Waals surface area contributed by atoms with E-state index in [-0.39, 0.29) is 0 Å². The van der Waals surface area contributed by atoms with Crippen molar-refractivity contribution in [3.8, 4) is 0 Å². The van der Waals surface area contributed by atoms with E-state index in [1.54, 1.807) is 0 Å². The van der Waals surface area contributed by atoms with Gasteiger partial charge in [-0.05, 0) is 68.3 Å². The van der Waals surface area contributed by atoms with Gasteiger partial charge in [0.05, 0.1) is 0 Å². The minimum absolute atomic E-state index is 0.513. The van der Waals surface area contributed by atoms with Crippen LogP contribution in [0.25, 0.3) is 0 Å². The third-order valence-corrected chi connectivity index (χ3v) is 4.04. The number of rotatable bonds is 5. The van der Waals surface area contributed by atoms with Crippen LogP contribution in [-0.2, 0) is 12.8 Å². The first-order valence-electron chi connectivity index (χ1n) is 7.40. The van der Waals surface area contributed by atoms with Gasteiger partial charge in [-0.15, -0.1) is 0 Å². The molecular formula is C19H25N. The second kappa shape index (κ2) is 6.71. The Labute approximate surface area is 122 Å². The van der Waals surface area contributed by atoms with E-state index in [0.29, 0.717) is 5.92 Å². The van der Waals surface area contributed by atoms with Crippen molar-refractivity contribution < 1.29 is 0 Å². The lowest BCUT2D eigenvalue weighted by Gasteiger charge is -2.16. The summed E-state index contributed by atoms with van der Waals surface area (Å²) in [5, 5.41) is 0. The maximum atomic E-state index is 5.97. The number of aryl methyl sites for hydroxylation is 3. The summed E-state index contributed by atoms with van der Waals surface area (Å²) in [5.41, 5.74) is 12.8. The molecule has 2 aromatic rings. The summed E-state index contributed by atoms with van der Waals surface area (Å²) in [4.78, 5) is 0. The zero-order valence-electron chi connectivity index (χ0n) is 12.8. The molecule has 106 valence electrons. The fourth-order valence-electron chi connectivity index (χ4n) is 2.68. The molecule has 0 aromatic heterocycles. The van der Waals surface area contributed by atoms with Crippen molar-refractivity contribution in [2.24, 2.45) is 11.7 Å². The maximum Gasteiger partial charge on any atom is -0.00425 e. The molecule has 0 heterocycles. The molecular weight excluding hydrogens is 242 g/mol. The predicted octanol–water partition coefficient (Wildman–Crippen LogP) is 3.97. The van der Waals surface area contributed by atoms with E-state index >= 15 is 0 Å². The van der Waals surface area contributed by atoms with Crippen LogP contribution in [0.4, 0.5) is 0 Å². The minimum Gasteiger partial charge on any atom is -0.330 e. The van der Waals surface area contributed by atoms with Gasteiger partial charge in [0.2, 0.25) is 0 Å². The highest BCUT2D eigenvalue weighted by Gasteiger charge is 2.10. The zero-order chi connectivity index (χ0) is 14.5. The van der Waals surface area contributed by atoms with Gasteiger partial charge in [0.15, 0.2) is 0 Å². The van der Waals surface area contributed by atoms with Gasteiger partial charge in [-0.3, -0.25) is 0 Å². The maximum absolute atomic E-state index is 5.97. The average Bonchev–Trinajstić information content (AvgIpc) is 2.42. The molecule has 0 spiro atoms. The van der Waals surface area contributed by atoms with E-state index < -0.39 is 0 Å². The van der Waals surface area contributed by atoms with E-state index in [4.69, 9.17) is 5.73 Å². The third kappa shape index (κ3) is 3.94. The Balaban J connectivity index is 2.07. The van der Waals surface area contributed by atoms with Crippen LogP contribution in [0.5, 0.6) is 0 Å². The van der Waals surface area contributed by atoms with Crippen molar-refractivity contribution in [3.05, 3.63) is 70.3 Å². The van der Waals surface area contributed by atoms with E-state index in [1.807, 2.05) is 0 Å². The fraction of sp³-hybridized carbons (Fsp3) is 0.368.